The van der Waals surface area contributed by atoms with E-state index in [4.69, 9.17) is 37.7 Å². The Hall–Kier alpha value is -4.71. The van der Waals surface area contributed by atoms with E-state index < -0.39 is 11.2 Å². The summed E-state index contributed by atoms with van der Waals surface area (Å²) in [5.74, 6) is 0.705. The van der Waals surface area contributed by atoms with E-state index in [2.05, 4.69) is 21.3 Å². The fourth-order valence-corrected chi connectivity index (χ4v) is 8.07. The zero-order valence-corrected chi connectivity index (χ0v) is 30.3. The Balaban J connectivity index is 1.20. The third-order valence-electron chi connectivity index (χ3n) is 10.1. The van der Waals surface area contributed by atoms with Crippen LogP contribution in [0.5, 0.6) is 5.88 Å². The van der Waals surface area contributed by atoms with Crippen molar-refractivity contribution in [1.82, 2.24) is 24.0 Å². The highest BCUT2D eigenvalue weighted by Gasteiger charge is 2.36. The van der Waals surface area contributed by atoms with E-state index in [0.29, 0.717) is 50.6 Å². The average Bonchev–Trinajstić information content (AvgIpc) is 3.58. The van der Waals surface area contributed by atoms with Crippen molar-refractivity contribution in [2.45, 2.75) is 38.6 Å². The number of ether oxygens (including phenoxy) is 2. The van der Waals surface area contributed by atoms with Gasteiger partial charge in [0, 0.05) is 48.6 Å². The number of rotatable bonds is 8. The number of hydrogen-bond acceptors (Lipinski definition) is 9. The second kappa shape index (κ2) is 14.1. The zero-order chi connectivity index (χ0) is 36.0. The van der Waals surface area contributed by atoms with Crippen LogP contribution in [0, 0.1) is 5.92 Å². The number of likely N-dealkylation sites (tertiary alicyclic amines) is 1. The predicted octanol–water partition coefficient (Wildman–Crippen LogP) is 6.68. The van der Waals surface area contributed by atoms with E-state index in [1.54, 1.807) is 26.3 Å². The zero-order valence-electron chi connectivity index (χ0n) is 28.8. The summed E-state index contributed by atoms with van der Waals surface area (Å²) >= 11 is 14.2. The lowest BCUT2D eigenvalue weighted by Crippen LogP contribution is -2.38. The summed E-state index contributed by atoms with van der Waals surface area (Å²) in [6, 6.07) is 15.2. The van der Waals surface area contributed by atoms with E-state index in [9.17, 15) is 14.4 Å². The third kappa shape index (κ3) is 6.17. The molecule has 7 rings (SSSR count). The second-order valence-electron chi connectivity index (χ2n) is 12.9. The van der Waals surface area contributed by atoms with Crippen LogP contribution in [0.4, 0.5) is 11.5 Å². The van der Waals surface area contributed by atoms with E-state index in [1.165, 1.54) is 23.4 Å². The third-order valence-corrected chi connectivity index (χ3v) is 10.9. The van der Waals surface area contributed by atoms with Gasteiger partial charge in [-0.1, -0.05) is 53.5 Å². The van der Waals surface area contributed by atoms with Gasteiger partial charge in [-0.05, 0) is 69.5 Å². The molecule has 1 atom stereocenters. The highest BCUT2D eigenvalue weighted by Crippen LogP contribution is 2.46. The Morgan fingerprint density at radius 1 is 0.961 bits per heavy atom. The molecular formula is C38H38Cl2N6O5. The number of aryl methyl sites for hydroxylation is 2. The largest absolute Gasteiger partial charge is 0.481 e. The molecule has 5 aromatic rings. The Morgan fingerprint density at radius 3 is 2.39 bits per heavy atom. The Morgan fingerprint density at radius 2 is 1.67 bits per heavy atom. The van der Waals surface area contributed by atoms with Gasteiger partial charge in [-0.2, -0.15) is 0 Å². The van der Waals surface area contributed by atoms with Crippen LogP contribution >= 0.6 is 23.2 Å². The lowest BCUT2D eigenvalue weighted by molar-refractivity contribution is -0.149. The van der Waals surface area contributed by atoms with Gasteiger partial charge in [0.15, 0.2) is 0 Å². The number of hydrogen-bond donors (Lipinski definition) is 1. The van der Waals surface area contributed by atoms with Crippen LogP contribution in [0.3, 0.4) is 0 Å². The van der Waals surface area contributed by atoms with Crippen LogP contribution in [0.25, 0.3) is 33.3 Å². The number of nitrogens with zero attached hydrogens (tertiary/aromatic N) is 5. The molecule has 0 amide bonds. The molecule has 51 heavy (non-hydrogen) atoms. The number of carbonyl (C=O) groups excluding carboxylic acids is 1. The molecule has 0 spiro atoms. The fourth-order valence-electron chi connectivity index (χ4n) is 7.47. The molecule has 1 N–H and O–H groups in total. The molecule has 13 heteroatoms. The molecule has 11 nitrogen and oxygen atoms in total. The monoisotopic (exact) mass is 728 g/mol. The summed E-state index contributed by atoms with van der Waals surface area (Å²) in [7, 11) is 4.69. The van der Waals surface area contributed by atoms with Gasteiger partial charge in [0.1, 0.15) is 11.2 Å². The molecule has 264 valence electrons. The second-order valence-corrected chi connectivity index (χ2v) is 13.7. The minimum absolute atomic E-state index is 0.0515. The average molecular weight is 730 g/mol. The number of halogens is 2. The number of anilines is 2. The van der Waals surface area contributed by atoms with Crippen molar-refractivity contribution < 1.29 is 14.3 Å². The van der Waals surface area contributed by atoms with Crippen molar-refractivity contribution in [1.29, 1.82) is 0 Å². The molecule has 1 aliphatic heterocycles. The SMILES string of the molecule is CCOC(=O)C1CCN([C@@H]2CCc3cc(-c4cccc(-c5cccc(Nc6nccc7c6c(=O)n(C)c(=O)n7C)c5Cl)c4Cl)nc(OC)c32)CC1. The number of fused-ring (bicyclic) bond motifs is 2. The summed E-state index contributed by atoms with van der Waals surface area (Å²) in [5.41, 5.74) is 5.16. The number of esters is 1. The van der Waals surface area contributed by atoms with Crippen LogP contribution < -0.4 is 21.3 Å². The summed E-state index contributed by atoms with van der Waals surface area (Å²) in [4.78, 5) is 49.8. The number of pyridine rings is 2. The lowest BCUT2D eigenvalue weighted by atomic mass is 9.94. The molecule has 1 aliphatic carbocycles. The van der Waals surface area contributed by atoms with Crippen LogP contribution in [0.2, 0.25) is 10.0 Å². The van der Waals surface area contributed by atoms with Crippen LogP contribution in [-0.2, 0) is 30.0 Å². The summed E-state index contributed by atoms with van der Waals surface area (Å²) in [6.07, 6.45) is 4.91. The number of methoxy groups -OCH3 is 1. The molecule has 2 aromatic carbocycles. The van der Waals surface area contributed by atoms with Gasteiger partial charge in [0.25, 0.3) is 5.56 Å². The van der Waals surface area contributed by atoms with Crippen LogP contribution in [0.1, 0.15) is 43.4 Å². The smallest absolute Gasteiger partial charge is 0.330 e. The summed E-state index contributed by atoms with van der Waals surface area (Å²) in [6.45, 7) is 3.87. The maximum atomic E-state index is 13.2. The molecule has 0 radical (unpaired) electrons. The number of piperidine rings is 1. The number of nitrogens with one attached hydrogen (secondary N) is 1. The molecular weight excluding hydrogens is 691 g/mol. The number of benzene rings is 2. The standard InChI is InChI=1S/C38H38Cl2N6O5/c1-5-51-37(48)21-15-18-46(19-16-21)29-13-12-22-20-27(43-35(50-4)30(22)29)25-10-6-8-23(32(25)39)24-9-7-11-26(33(24)40)42-34-31-28(14-17-41-34)44(2)38(49)45(3)36(31)47/h6-11,14,17,20-21,29H,5,12-13,15-16,18-19H2,1-4H3,(H,41,42)/t29-/m1/s1. The molecule has 0 bridgehead atoms. The van der Waals surface area contributed by atoms with Crippen molar-refractivity contribution >= 4 is 51.6 Å². The minimum Gasteiger partial charge on any atom is -0.481 e. The Kier molecular flexibility index (Phi) is 9.62. The molecule has 3 aromatic heterocycles. The maximum absolute atomic E-state index is 13.2. The molecule has 0 saturated carbocycles. The van der Waals surface area contributed by atoms with Crippen molar-refractivity contribution in [2.75, 3.05) is 32.1 Å². The van der Waals surface area contributed by atoms with E-state index in [0.717, 1.165) is 54.5 Å². The van der Waals surface area contributed by atoms with Gasteiger partial charge in [0.2, 0.25) is 5.88 Å². The van der Waals surface area contributed by atoms with Crippen LogP contribution in [0.15, 0.2) is 64.3 Å². The van der Waals surface area contributed by atoms with E-state index in [1.807, 2.05) is 37.3 Å². The van der Waals surface area contributed by atoms with Crippen molar-refractivity contribution in [3.63, 3.8) is 0 Å². The quantitative estimate of drug-likeness (QED) is 0.174. The normalized spacial score (nSPS) is 16.3. The van der Waals surface area contributed by atoms with Gasteiger partial charge in [-0.15, -0.1) is 0 Å². The molecule has 2 aliphatic rings. The van der Waals surface area contributed by atoms with Gasteiger partial charge < -0.3 is 14.8 Å². The van der Waals surface area contributed by atoms with Gasteiger partial charge in [-0.3, -0.25) is 23.6 Å². The lowest BCUT2D eigenvalue weighted by Gasteiger charge is -2.35. The first-order chi connectivity index (χ1) is 24.6. The van der Waals surface area contributed by atoms with Crippen molar-refractivity contribution in [2.24, 2.45) is 20.0 Å². The summed E-state index contributed by atoms with van der Waals surface area (Å²) in [5, 5.41) is 4.35. The number of carbonyl (C=O) groups is 1. The maximum Gasteiger partial charge on any atom is 0.330 e. The molecule has 1 saturated heterocycles. The fraction of sp³-hybridized carbons (Fsp3) is 0.342. The molecule has 0 unspecified atom stereocenters. The van der Waals surface area contributed by atoms with E-state index in [-0.39, 0.29) is 29.1 Å². The van der Waals surface area contributed by atoms with Gasteiger partial charge >= 0.3 is 11.7 Å². The van der Waals surface area contributed by atoms with E-state index >= 15 is 0 Å². The number of aromatic nitrogens is 4. The van der Waals surface area contributed by atoms with Gasteiger partial charge in [-0.25, -0.2) is 14.8 Å². The first kappa shape index (κ1) is 34.7. The van der Waals surface area contributed by atoms with Gasteiger partial charge in [0.05, 0.1) is 46.6 Å². The van der Waals surface area contributed by atoms with Crippen LogP contribution in [-0.4, -0.2) is 56.8 Å². The predicted molar refractivity (Wildman–Crippen MR) is 199 cm³/mol. The Bertz CT molecular complexity index is 2300. The van der Waals surface area contributed by atoms with Crippen molar-refractivity contribution in [3.05, 3.63) is 96.7 Å². The first-order valence-electron chi connectivity index (χ1n) is 17.0. The highest BCUT2D eigenvalue weighted by atomic mass is 35.5. The highest BCUT2D eigenvalue weighted by molar-refractivity contribution is 6.39. The first-order valence-corrected chi connectivity index (χ1v) is 17.8. The van der Waals surface area contributed by atoms with Crippen molar-refractivity contribution in [3.8, 4) is 28.3 Å². The molecule has 1 fully saturated rings. The topological polar surface area (TPSA) is 121 Å². The Labute approximate surface area is 304 Å². The summed E-state index contributed by atoms with van der Waals surface area (Å²) < 4.78 is 13.6. The molecule has 4 heterocycles. The minimum atomic E-state index is -0.464.